The number of carbonyl (C=O) groups is 1. The number of hydrogen-bond acceptors (Lipinski definition) is 3. The Hall–Kier alpha value is -3.05. The Labute approximate surface area is 182 Å². The van der Waals surface area contributed by atoms with E-state index in [1.165, 1.54) is 22.2 Å². The van der Waals surface area contributed by atoms with Crippen LogP contribution in [0.4, 0.5) is 0 Å². The Balaban J connectivity index is 1.61. The number of aliphatic carboxylic acids is 1. The highest BCUT2D eigenvalue weighted by Crippen LogP contribution is 2.40. The van der Waals surface area contributed by atoms with Crippen molar-refractivity contribution in [3.8, 4) is 5.75 Å². The first kappa shape index (κ1) is 19.9. The van der Waals surface area contributed by atoms with Gasteiger partial charge in [0.1, 0.15) is 18.4 Å². The Bertz CT molecular complexity index is 1150. The zero-order chi connectivity index (χ0) is 21.4. The van der Waals surface area contributed by atoms with Crippen LogP contribution in [0.3, 0.4) is 0 Å². The second kappa shape index (κ2) is 8.23. The van der Waals surface area contributed by atoms with Gasteiger partial charge in [0.05, 0.1) is 5.52 Å². The fourth-order valence-corrected chi connectivity index (χ4v) is 5.15. The number of aromatic nitrogens is 1. The first-order chi connectivity index (χ1) is 15.2. The molecule has 2 aliphatic heterocycles. The highest BCUT2D eigenvalue weighted by molar-refractivity contribution is 5.97. The maximum absolute atomic E-state index is 12.2. The van der Waals surface area contributed by atoms with Crippen molar-refractivity contribution >= 4 is 22.9 Å². The molecule has 0 aliphatic carbocycles. The van der Waals surface area contributed by atoms with Crippen molar-refractivity contribution in [2.45, 2.75) is 38.8 Å². The molecule has 31 heavy (non-hydrogen) atoms. The first-order valence-corrected chi connectivity index (χ1v) is 11.1. The van der Waals surface area contributed by atoms with Gasteiger partial charge in [-0.25, -0.2) is 4.79 Å². The molecule has 0 fully saturated rings. The lowest BCUT2D eigenvalue weighted by Crippen LogP contribution is -2.27. The fraction of sp³-hybridized carbons (Fsp3) is 0.346. The number of carboxylic acid groups (broad SMARTS) is 1. The normalized spacial score (nSPS) is 16.9. The molecule has 5 nitrogen and oxygen atoms in total. The van der Waals surface area contributed by atoms with Gasteiger partial charge in [0, 0.05) is 42.7 Å². The average molecular weight is 417 g/mol. The van der Waals surface area contributed by atoms with E-state index in [0.717, 1.165) is 49.3 Å². The molecule has 1 atom stereocenters. The second-order valence-electron chi connectivity index (χ2n) is 8.40. The van der Waals surface area contributed by atoms with Crippen LogP contribution in [0.15, 0.2) is 48.5 Å². The molecule has 2 aliphatic rings. The van der Waals surface area contributed by atoms with Crippen molar-refractivity contribution in [2.24, 2.45) is 0 Å². The van der Waals surface area contributed by atoms with Gasteiger partial charge in [-0.15, -0.1) is 0 Å². The van der Waals surface area contributed by atoms with Crippen molar-refractivity contribution in [1.82, 2.24) is 9.47 Å². The quantitative estimate of drug-likeness (QED) is 0.656. The van der Waals surface area contributed by atoms with E-state index in [4.69, 9.17) is 4.74 Å². The minimum absolute atomic E-state index is 0.557. The van der Waals surface area contributed by atoms with Crippen molar-refractivity contribution in [1.29, 1.82) is 0 Å². The summed E-state index contributed by atoms with van der Waals surface area (Å²) in [7, 11) is 0. The Morgan fingerprint density at radius 2 is 1.94 bits per heavy atom. The molecule has 160 valence electrons. The van der Waals surface area contributed by atoms with Gasteiger partial charge in [-0.3, -0.25) is 4.90 Å². The van der Waals surface area contributed by atoms with Crippen LogP contribution in [0.1, 0.15) is 41.8 Å². The van der Waals surface area contributed by atoms with Gasteiger partial charge in [0.15, 0.2) is 0 Å². The van der Waals surface area contributed by atoms with Crippen LogP contribution < -0.4 is 4.74 Å². The predicted octanol–water partition coefficient (Wildman–Crippen LogP) is 4.68. The van der Waals surface area contributed by atoms with Crippen LogP contribution in [-0.4, -0.2) is 40.2 Å². The summed E-state index contributed by atoms with van der Waals surface area (Å²) in [4.78, 5) is 14.6. The van der Waals surface area contributed by atoms with Crippen LogP contribution in [0, 0.1) is 0 Å². The van der Waals surface area contributed by atoms with Gasteiger partial charge in [-0.2, -0.15) is 0 Å². The number of hydrogen-bond donors (Lipinski definition) is 1. The molecule has 3 heterocycles. The van der Waals surface area contributed by atoms with Crippen molar-refractivity contribution < 1.29 is 14.6 Å². The predicted molar refractivity (Wildman–Crippen MR) is 123 cm³/mol. The SMILES string of the molecule is CCC(C(=O)O)n1c2c(c3c4c(ccc31)OCC=C4)CCN(Cc1ccccc1)CC2. The zero-order valence-electron chi connectivity index (χ0n) is 17.9. The molecule has 1 N–H and O–H groups in total. The lowest BCUT2D eigenvalue weighted by atomic mass is 10.00. The number of rotatable bonds is 5. The monoisotopic (exact) mass is 416 g/mol. The Morgan fingerprint density at radius 3 is 2.71 bits per heavy atom. The van der Waals surface area contributed by atoms with E-state index in [1.807, 2.05) is 25.1 Å². The average Bonchev–Trinajstić information content (AvgIpc) is 2.95. The van der Waals surface area contributed by atoms with Crippen molar-refractivity contribution in [2.75, 3.05) is 19.7 Å². The molecule has 0 bridgehead atoms. The maximum Gasteiger partial charge on any atom is 0.326 e. The number of benzene rings is 2. The molecule has 5 heteroatoms. The highest BCUT2D eigenvalue weighted by Gasteiger charge is 2.30. The van der Waals surface area contributed by atoms with Gasteiger partial charge in [0.2, 0.25) is 0 Å². The molecule has 0 radical (unpaired) electrons. The summed E-state index contributed by atoms with van der Waals surface area (Å²) in [5.74, 6) is 0.126. The maximum atomic E-state index is 12.2. The van der Waals surface area contributed by atoms with Crippen molar-refractivity contribution in [3.05, 3.63) is 70.9 Å². The van der Waals surface area contributed by atoms with E-state index in [1.54, 1.807) is 0 Å². The third kappa shape index (κ3) is 3.53. The molecule has 0 saturated heterocycles. The largest absolute Gasteiger partial charge is 0.489 e. The van der Waals surface area contributed by atoms with Crippen molar-refractivity contribution in [3.63, 3.8) is 0 Å². The molecule has 0 saturated carbocycles. The lowest BCUT2D eigenvalue weighted by Gasteiger charge is -2.22. The third-order valence-corrected chi connectivity index (χ3v) is 6.58. The van der Waals surface area contributed by atoms with Gasteiger partial charge >= 0.3 is 5.97 Å². The summed E-state index contributed by atoms with van der Waals surface area (Å²) in [6, 6.07) is 14.0. The van der Waals surface area contributed by atoms with Crippen LogP contribution in [-0.2, 0) is 24.2 Å². The smallest absolute Gasteiger partial charge is 0.326 e. The number of ether oxygens (including phenoxy) is 1. The van der Waals surface area contributed by atoms with Gasteiger partial charge < -0.3 is 14.4 Å². The van der Waals surface area contributed by atoms with E-state index >= 15 is 0 Å². The summed E-state index contributed by atoms with van der Waals surface area (Å²) in [5.41, 5.74) is 5.89. The molecular weight excluding hydrogens is 388 g/mol. The Kier molecular flexibility index (Phi) is 5.28. The number of nitrogens with zero attached hydrogens (tertiary/aromatic N) is 2. The van der Waals surface area contributed by atoms with E-state index in [2.05, 4.69) is 45.9 Å². The van der Waals surface area contributed by atoms with Gasteiger partial charge in [0.25, 0.3) is 0 Å². The summed E-state index contributed by atoms with van der Waals surface area (Å²) < 4.78 is 7.97. The molecule has 0 spiro atoms. The summed E-state index contributed by atoms with van der Waals surface area (Å²) in [5, 5.41) is 11.2. The molecular formula is C26H28N2O3. The van der Waals surface area contributed by atoms with E-state index in [0.29, 0.717) is 13.0 Å². The standard InChI is InChI=1S/C26H28N2O3/c1-2-21(26(29)30)28-22-13-15-27(17-18-7-4-3-5-8-18)14-12-19(22)25-20-9-6-16-31-24(20)11-10-23(25)28/h3-11,21H,2,12-17H2,1H3,(H,29,30). The lowest BCUT2D eigenvalue weighted by molar-refractivity contribution is -0.140. The van der Waals surface area contributed by atoms with Crippen LogP contribution >= 0.6 is 0 Å². The van der Waals surface area contributed by atoms with Gasteiger partial charge in [-0.05, 0) is 42.2 Å². The summed E-state index contributed by atoms with van der Waals surface area (Å²) in [6.45, 7) is 5.33. The molecule has 1 aromatic heterocycles. The van der Waals surface area contributed by atoms with E-state index < -0.39 is 12.0 Å². The molecule has 2 aromatic carbocycles. The van der Waals surface area contributed by atoms with Crippen LogP contribution in [0.5, 0.6) is 5.75 Å². The van der Waals surface area contributed by atoms with Crippen LogP contribution in [0.2, 0.25) is 0 Å². The zero-order valence-corrected chi connectivity index (χ0v) is 17.9. The van der Waals surface area contributed by atoms with Gasteiger partial charge in [-0.1, -0.05) is 43.3 Å². The summed E-state index contributed by atoms with van der Waals surface area (Å²) >= 11 is 0. The third-order valence-electron chi connectivity index (χ3n) is 6.58. The van der Waals surface area contributed by atoms with E-state index in [-0.39, 0.29) is 0 Å². The first-order valence-electron chi connectivity index (χ1n) is 11.1. The topological polar surface area (TPSA) is 54.7 Å². The summed E-state index contributed by atoms with van der Waals surface area (Å²) in [6.07, 6.45) is 6.49. The minimum Gasteiger partial charge on any atom is -0.489 e. The molecule has 3 aromatic rings. The Morgan fingerprint density at radius 1 is 1.13 bits per heavy atom. The number of fused-ring (bicyclic) bond motifs is 5. The second-order valence-corrected chi connectivity index (χ2v) is 8.40. The minimum atomic E-state index is -0.767. The molecule has 1 unspecified atom stereocenters. The van der Waals surface area contributed by atoms with Crippen LogP contribution in [0.25, 0.3) is 17.0 Å². The highest BCUT2D eigenvalue weighted by atomic mass is 16.5. The fourth-order valence-electron chi connectivity index (χ4n) is 5.15. The molecule has 5 rings (SSSR count). The van der Waals surface area contributed by atoms with E-state index in [9.17, 15) is 9.90 Å². The number of carboxylic acids is 1. The molecule has 0 amide bonds.